The fourth-order valence-corrected chi connectivity index (χ4v) is 2.26. The van der Waals surface area contributed by atoms with Crippen molar-refractivity contribution in [3.63, 3.8) is 0 Å². The summed E-state index contributed by atoms with van der Waals surface area (Å²) in [5.74, 6) is 0.446. The number of aliphatic hydroxyl groups is 1. The van der Waals surface area contributed by atoms with E-state index in [-0.39, 0.29) is 17.7 Å². The van der Waals surface area contributed by atoms with Gasteiger partial charge < -0.3 is 10.4 Å². The summed E-state index contributed by atoms with van der Waals surface area (Å²) in [4.78, 5) is 10.6. The first-order valence-electron chi connectivity index (χ1n) is 6.02. The summed E-state index contributed by atoms with van der Waals surface area (Å²) in [6.07, 6.45) is 2.86. The van der Waals surface area contributed by atoms with E-state index in [1.807, 2.05) is 0 Å². The molecule has 1 aromatic rings. The normalized spacial score (nSPS) is 16.6. The van der Waals surface area contributed by atoms with Gasteiger partial charge in [0.2, 0.25) is 5.82 Å². The molecule has 18 heavy (non-hydrogen) atoms. The number of aliphatic hydroxyl groups excluding tert-OH is 1. The largest absolute Gasteiger partial charge is 0.396 e. The number of aromatic nitrogens is 2. The Labute approximate surface area is 105 Å². The molecular formula is C11H18N4O3. The van der Waals surface area contributed by atoms with Crippen LogP contribution in [0.4, 0.5) is 11.5 Å². The Morgan fingerprint density at radius 2 is 2.28 bits per heavy atom. The predicted octanol–water partition coefficient (Wildman–Crippen LogP) is 1.21. The molecule has 2 N–H and O–H groups in total. The lowest BCUT2D eigenvalue weighted by atomic mass is 10.0. The van der Waals surface area contributed by atoms with Crippen LogP contribution in [0.2, 0.25) is 0 Å². The van der Waals surface area contributed by atoms with E-state index in [9.17, 15) is 10.1 Å². The highest BCUT2D eigenvalue weighted by Crippen LogP contribution is 2.48. The Bertz CT molecular complexity index is 465. The summed E-state index contributed by atoms with van der Waals surface area (Å²) in [5, 5.41) is 27.2. The molecule has 1 saturated carbocycles. The molecule has 0 atom stereocenters. The summed E-state index contributed by atoms with van der Waals surface area (Å²) >= 11 is 0. The Balaban J connectivity index is 2.12. The minimum absolute atomic E-state index is 0.0392. The van der Waals surface area contributed by atoms with Crippen molar-refractivity contribution in [3.8, 4) is 0 Å². The summed E-state index contributed by atoms with van der Waals surface area (Å²) in [6, 6.07) is 0. The zero-order chi connectivity index (χ0) is 13.3. The first kappa shape index (κ1) is 12.8. The molecule has 1 aromatic heterocycles. The molecule has 0 aliphatic heterocycles. The molecule has 0 aromatic carbocycles. The summed E-state index contributed by atoms with van der Waals surface area (Å²) < 4.78 is 1.50. The SMILES string of the molecule is Cc1nn(C)c(NCC2(CCO)CC2)c1[N+](=O)[O-]. The second kappa shape index (κ2) is 4.56. The average molecular weight is 254 g/mol. The highest BCUT2D eigenvalue weighted by molar-refractivity contribution is 5.59. The van der Waals surface area contributed by atoms with E-state index in [0.717, 1.165) is 19.3 Å². The maximum Gasteiger partial charge on any atom is 0.333 e. The minimum atomic E-state index is -0.406. The van der Waals surface area contributed by atoms with Crippen LogP contribution in [0.5, 0.6) is 0 Å². The molecule has 100 valence electrons. The number of nitrogens with zero attached hydrogens (tertiary/aromatic N) is 3. The third-order valence-corrected chi connectivity index (χ3v) is 3.60. The number of nitro groups is 1. The molecular weight excluding hydrogens is 236 g/mol. The zero-order valence-corrected chi connectivity index (χ0v) is 10.6. The number of hydrogen-bond donors (Lipinski definition) is 2. The standard InChI is InChI=1S/C11H18N4O3/c1-8-9(15(17)18)10(14(2)13-8)12-7-11(3-4-11)5-6-16/h12,16H,3-7H2,1-2H3. The molecule has 0 radical (unpaired) electrons. The number of rotatable bonds is 6. The average Bonchev–Trinajstić information content (AvgIpc) is 2.97. The molecule has 0 amide bonds. The summed E-state index contributed by atoms with van der Waals surface area (Å²) in [6.45, 7) is 2.44. The lowest BCUT2D eigenvalue weighted by molar-refractivity contribution is -0.384. The lowest BCUT2D eigenvalue weighted by Gasteiger charge is -2.14. The van der Waals surface area contributed by atoms with Gasteiger partial charge in [-0.25, -0.2) is 4.68 Å². The summed E-state index contributed by atoms with van der Waals surface area (Å²) in [7, 11) is 1.69. The van der Waals surface area contributed by atoms with Crippen LogP contribution < -0.4 is 5.32 Å². The van der Waals surface area contributed by atoms with Crippen LogP contribution in [0.3, 0.4) is 0 Å². The number of anilines is 1. The van der Waals surface area contributed by atoms with Crippen molar-refractivity contribution in [2.24, 2.45) is 12.5 Å². The van der Waals surface area contributed by atoms with E-state index in [1.54, 1.807) is 14.0 Å². The van der Waals surface area contributed by atoms with Crippen molar-refractivity contribution in [1.82, 2.24) is 9.78 Å². The van der Waals surface area contributed by atoms with Gasteiger partial charge in [0.15, 0.2) is 0 Å². The van der Waals surface area contributed by atoms with E-state index in [0.29, 0.717) is 18.1 Å². The van der Waals surface area contributed by atoms with Crippen LogP contribution >= 0.6 is 0 Å². The summed E-state index contributed by atoms with van der Waals surface area (Å²) in [5.41, 5.74) is 0.565. The molecule has 0 unspecified atom stereocenters. The van der Waals surface area contributed by atoms with Gasteiger partial charge in [0.25, 0.3) is 0 Å². The lowest BCUT2D eigenvalue weighted by Crippen LogP contribution is -2.18. The first-order chi connectivity index (χ1) is 8.49. The molecule has 1 aliphatic carbocycles. The van der Waals surface area contributed by atoms with Gasteiger partial charge in [0.05, 0.1) is 4.92 Å². The maximum absolute atomic E-state index is 11.0. The third kappa shape index (κ3) is 2.31. The van der Waals surface area contributed by atoms with Crippen LogP contribution in [-0.4, -0.2) is 33.0 Å². The second-order valence-corrected chi connectivity index (χ2v) is 4.99. The molecule has 1 aliphatic rings. The van der Waals surface area contributed by atoms with Crippen LogP contribution in [0.15, 0.2) is 0 Å². The van der Waals surface area contributed by atoms with Gasteiger partial charge in [-0.1, -0.05) is 0 Å². The number of aryl methyl sites for hydroxylation is 2. The highest BCUT2D eigenvalue weighted by atomic mass is 16.6. The van der Waals surface area contributed by atoms with E-state index in [2.05, 4.69) is 10.4 Å². The predicted molar refractivity (Wildman–Crippen MR) is 66.5 cm³/mol. The number of hydrogen-bond acceptors (Lipinski definition) is 5. The number of nitrogens with one attached hydrogen (secondary N) is 1. The molecule has 0 bridgehead atoms. The molecule has 1 heterocycles. The second-order valence-electron chi connectivity index (χ2n) is 4.99. The van der Waals surface area contributed by atoms with E-state index < -0.39 is 4.92 Å². The minimum Gasteiger partial charge on any atom is -0.396 e. The van der Waals surface area contributed by atoms with Gasteiger partial charge >= 0.3 is 5.69 Å². The van der Waals surface area contributed by atoms with Crippen LogP contribution in [0.1, 0.15) is 25.0 Å². The van der Waals surface area contributed by atoms with Crippen LogP contribution in [0, 0.1) is 22.5 Å². The molecule has 7 nitrogen and oxygen atoms in total. The van der Waals surface area contributed by atoms with Gasteiger partial charge in [0, 0.05) is 20.2 Å². The van der Waals surface area contributed by atoms with Crippen molar-refractivity contribution >= 4 is 11.5 Å². The monoisotopic (exact) mass is 254 g/mol. The van der Waals surface area contributed by atoms with Crippen molar-refractivity contribution in [3.05, 3.63) is 15.8 Å². The van der Waals surface area contributed by atoms with E-state index >= 15 is 0 Å². The van der Waals surface area contributed by atoms with E-state index in [1.165, 1.54) is 4.68 Å². The third-order valence-electron chi connectivity index (χ3n) is 3.60. The molecule has 0 saturated heterocycles. The maximum atomic E-state index is 11.0. The van der Waals surface area contributed by atoms with Gasteiger partial charge in [-0.15, -0.1) is 0 Å². The van der Waals surface area contributed by atoms with Crippen LogP contribution in [-0.2, 0) is 7.05 Å². The van der Waals surface area contributed by atoms with Crippen molar-refractivity contribution in [2.45, 2.75) is 26.2 Å². The Kier molecular flexibility index (Phi) is 3.25. The van der Waals surface area contributed by atoms with Gasteiger partial charge in [-0.2, -0.15) is 5.10 Å². The smallest absolute Gasteiger partial charge is 0.333 e. The highest BCUT2D eigenvalue weighted by Gasteiger charge is 2.42. The molecule has 0 spiro atoms. The van der Waals surface area contributed by atoms with Crippen LogP contribution in [0.25, 0.3) is 0 Å². The Morgan fingerprint density at radius 3 is 2.78 bits per heavy atom. The molecule has 7 heteroatoms. The van der Waals surface area contributed by atoms with Crippen molar-refractivity contribution in [1.29, 1.82) is 0 Å². The fourth-order valence-electron chi connectivity index (χ4n) is 2.26. The molecule has 2 rings (SSSR count). The zero-order valence-electron chi connectivity index (χ0n) is 10.6. The quantitative estimate of drug-likeness (QED) is 0.588. The fraction of sp³-hybridized carbons (Fsp3) is 0.727. The Hall–Kier alpha value is -1.63. The Morgan fingerprint density at radius 1 is 1.61 bits per heavy atom. The van der Waals surface area contributed by atoms with Gasteiger partial charge in [0.1, 0.15) is 5.69 Å². The van der Waals surface area contributed by atoms with E-state index in [4.69, 9.17) is 5.11 Å². The van der Waals surface area contributed by atoms with Gasteiger partial charge in [-0.05, 0) is 31.6 Å². The molecule has 1 fully saturated rings. The van der Waals surface area contributed by atoms with Crippen molar-refractivity contribution in [2.75, 3.05) is 18.5 Å². The van der Waals surface area contributed by atoms with Gasteiger partial charge in [-0.3, -0.25) is 10.1 Å². The first-order valence-corrected chi connectivity index (χ1v) is 6.02. The topological polar surface area (TPSA) is 93.2 Å². The van der Waals surface area contributed by atoms with Crippen molar-refractivity contribution < 1.29 is 10.0 Å².